The number of aliphatic hydroxyl groups is 1. The average Bonchev–Trinajstić information content (AvgIpc) is 2.59. The highest BCUT2D eigenvalue weighted by atomic mass is 79.9. The van der Waals surface area contributed by atoms with Crippen LogP contribution < -0.4 is 4.90 Å². The first-order valence-electron chi connectivity index (χ1n) is 8.31. The van der Waals surface area contributed by atoms with Crippen molar-refractivity contribution < 1.29 is 19.6 Å². The Balaban J connectivity index is 2.27. The average molecular weight is 441 g/mol. The monoisotopic (exact) mass is 440 g/mol. The van der Waals surface area contributed by atoms with Gasteiger partial charge in [0.15, 0.2) is 0 Å². The maximum atomic E-state index is 12.3. The van der Waals surface area contributed by atoms with Crippen LogP contribution in [0, 0.1) is 21.4 Å². The number of nitro benzene ring substituents is 1. The summed E-state index contributed by atoms with van der Waals surface area (Å²) < 4.78 is 5.81. The molecular weight excluding hydrogens is 420 g/mol. The number of halogens is 1. The van der Waals surface area contributed by atoms with Crippen molar-refractivity contribution >= 4 is 33.4 Å². The molecule has 1 aliphatic rings. The molecule has 1 amide bonds. The molecule has 2 rings (SSSR count). The van der Waals surface area contributed by atoms with Crippen molar-refractivity contribution in [3.05, 3.63) is 32.3 Å². The van der Waals surface area contributed by atoms with Crippen molar-refractivity contribution in [2.45, 2.75) is 32.4 Å². The molecule has 9 nitrogen and oxygen atoms in total. The first-order valence-corrected chi connectivity index (χ1v) is 9.10. The lowest BCUT2D eigenvalue weighted by molar-refractivity contribution is -0.385. The van der Waals surface area contributed by atoms with Gasteiger partial charge in [-0.3, -0.25) is 10.1 Å². The summed E-state index contributed by atoms with van der Waals surface area (Å²) >= 11 is 3.31. The molecule has 0 bridgehead atoms. The molecule has 10 heteroatoms. The minimum Gasteiger partial charge on any atom is -0.444 e. The fourth-order valence-corrected chi connectivity index (χ4v) is 3.39. The Morgan fingerprint density at radius 3 is 2.67 bits per heavy atom. The van der Waals surface area contributed by atoms with Crippen LogP contribution in [0.2, 0.25) is 0 Å². The summed E-state index contributed by atoms with van der Waals surface area (Å²) in [4.78, 5) is 26.1. The summed E-state index contributed by atoms with van der Waals surface area (Å²) in [6.45, 7) is 6.08. The standard InChI is InChI=1S/C17H21BrN4O5/c1-17(2,3)27-16(24)20-4-5-21(12(9-20)10-23)15-6-11(8-19)14(22(25)26)7-13(15)18/h6-7,12,23H,4-5,9-10H2,1-3H3/t12-/m0/s1. The van der Waals surface area contributed by atoms with E-state index < -0.39 is 22.7 Å². The second-order valence-corrected chi connectivity index (χ2v) is 8.00. The van der Waals surface area contributed by atoms with Crippen LogP contribution in [-0.4, -0.2) is 58.9 Å². The molecule has 1 heterocycles. The zero-order chi connectivity index (χ0) is 20.4. The number of anilines is 1. The zero-order valence-corrected chi connectivity index (χ0v) is 16.9. The highest BCUT2D eigenvalue weighted by molar-refractivity contribution is 9.10. The van der Waals surface area contributed by atoms with Gasteiger partial charge in [0, 0.05) is 30.2 Å². The highest BCUT2D eigenvalue weighted by Gasteiger charge is 2.33. The van der Waals surface area contributed by atoms with Crippen LogP contribution in [-0.2, 0) is 4.74 Å². The predicted molar refractivity (Wildman–Crippen MR) is 102 cm³/mol. The zero-order valence-electron chi connectivity index (χ0n) is 15.3. The fraction of sp³-hybridized carbons (Fsp3) is 0.529. The van der Waals surface area contributed by atoms with Gasteiger partial charge in [-0.05, 0) is 42.8 Å². The molecule has 1 aromatic rings. The summed E-state index contributed by atoms with van der Waals surface area (Å²) in [5.74, 6) is 0. The molecule has 0 saturated carbocycles. The highest BCUT2D eigenvalue weighted by Crippen LogP contribution is 2.35. The fourth-order valence-electron chi connectivity index (χ4n) is 2.83. The van der Waals surface area contributed by atoms with Gasteiger partial charge in [0.05, 0.1) is 23.3 Å². The number of nitro groups is 1. The van der Waals surface area contributed by atoms with Gasteiger partial charge in [0.2, 0.25) is 0 Å². The van der Waals surface area contributed by atoms with Crippen molar-refractivity contribution in [2.24, 2.45) is 0 Å². The Morgan fingerprint density at radius 2 is 2.15 bits per heavy atom. The number of nitrogens with zero attached hydrogens (tertiary/aromatic N) is 4. The Bertz CT molecular complexity index is 787. The minimum absolute atomic E-state index is 0.0653. The maximum Gasteiger partial charge on any atom is 0.410 e. The number of ether oxygens (including phenoxy) is 1. The second-order valence-electron chi connectivity index (χ2n) is 7.15. The number of rotatable bonds is 3. The topological polar surface area (TPSA) is 120 Å². The van der Waals surface area contributed by atoms with E-state index in [1.807, 2.05) is 11.0 Å². The van der Waals surface area contributed by atoms with E-state index in [4.69, 9.17) is 4.74 Å². The normalized spacial score (nSPS) is 17.4. The molecule has 1 atom stereocenters. The number of carbonyl (C=O) groups excluding carboxylic acids is 1. The third-order valence-electron chi connectivity index (χ3n) is 4.04. The molecule has 1 N–H and O–H groups in total. The Labute approximate surface area is 165 Å². The molecule has 1 saturated heterocycles. The summed E-state index contributed by atoms with van der Waals surface area (Å²) in [5.41, 5.74) is -0.419. The summed E-state index contributed by atoms with van der Waals surface area (Å²) in [7, 11) is 0. The van der Waals surface area contributed by atoms with E-state index in [9.17, 15) is 25.3 Å². The van der Waals surface area contributed by atoms with Gasteiger partial charge in [0.1, 0.15) is 17.2 Å². The van der Waals surface area contributed by atoms with E-state index in [2.05, 4.69) is 15.9 Å². The molecule has 1 aromatic carbocycles. The van der Waals surface area contributed by atoms with Gasteiger partial charge >= 0.3 is 6.09 Å². The number of benzene rings is 1. The quantitative estimate of drug-likeness (QED) is 0.566. The molecule has 1 fully saturated rings. The largest absolute Gasteiger partial charge is 0.444 e. The molecule has 0 aromatic heterocycles. The van der Waals surface area contributed by atoms with E-state index in [1.54, 1.807) is 20.8 Å². The van der Waals surface area contributed by atoms with Crippen molar-refractivity contribution in [1.82, 2.24) is 4.90 Å². The SMILES string of the molecule is CC(C)(C)OC(=O)N1CCN(c2cc(C#N)c([N+](=O)[O-])cc2Br)[C@H](CO)C1. The summed E-state index contributed by atoms with van der Waals surface area (Å²) in [6, 6.07) is 4.10. The van der Waals surface area contributed by atoms with E-state index >= 15 is 0 Å². The van der Waals surface area contributed by atoms with Crippen molar-refractivity contribution in [3.63, 3.8) is 0 Å². The number of nitriles is 1. The van der Waals surface area contributed by atoms with Crippen molar-refractivity contribution in [3.8, 4) is 6.07 Å². The maximum absolute atomic E-state index is 12.3. The van der Waals surface area contributed by atoms with Crippen LogP contribution >= 0.6 is 15.9 Å². The van der Waals surface area contributed by atoms with Crippen LogP contribution in [0.3, 0.4) is 0 Å². The summed E-state index contributed by atoms with van der Waals surface area (Å²) in [6.07, 6.45) is -0.457. The molecule has 0 unspecified atom stereocenters. The predicted octanol–water partition coefficient (Wildman–Crippen LogP) is 2.65. The third kappa shape index (κ3) is 4.87. The number of piperazine rings is 1. The number of carbonyl (C=O) groups is 1. The van der Waals surface area contributed by atoms with Gasteiger partial charge in [-0.25, -0.2) is 4.79 Å². The van der Waals surface area contributed by atoms with Gasteiger partial charge in [0.25, 0.3) is 5.69 Å². The number of amides is 1. The number of aliphatic hydroxyl groups excluding tert-OH is 1. The van der Waals surface area contributed by atoms with Crippen LogP contribution in [0.4, 0.5) is 16.2 Å². The molecule has 0 spiro atoms. The Hall–Kier alpha value is -2.38. The van der Waals surface area contributed by atoms with Crippen LogP contribution in [0.15, 0.2) is 16.6 Å². The van der Waals surface area contributed by atoms with Crippen LogP contribution in [0.1, 0.15) is 26.3 Å². The number of hydrogen-bond acceptors (Lipinski definition) is 7. The van der Waals surface area contributed by atoms with Gasteiger partial charge in [-0.1, -0.05) is 0 Å². The molecule has 0 aliphatic carbocycles. The molecule has 0 radical (unpaired) electrons. The van der Waals surface area contributed by atoms with E-state index in [0.29, 0.717) is 23.2 Å². The minimum atomic E-state index is -0.619. The van der Waals surface area contributed by atoms with Crippen LogP contribution in [0.5, 0.6) is 0 Å². The summed E-state index contributed by atoms with van der Waals surface area (Å²) in [5, 5.41) is 30.1. The third-order valence-corrected chi connectivity index (χ3v) is 4.67. The lowest BCUT2D eigenvalue weighted by Crippen LogP contribution is -2.57. The van der Waals surface area contributed by atoms with E-state index in [-0.39, 0.29) is 24.4 Å². The van der Waals surface area contributed by atoms with E-state index in [1.165, 1.54) is 17.0 Å². The molecule has 27 heavy (non-hydrogen) atoms. The lowest BCUT2D eigenvalue weighted by atomic mass is 10.1. The first-order chi connectivity index (χ1) is 12.6. The van der Waals surface area contributed by atoms with Crippen molar-refractivity contribution in [1.29, 1.82) is 5.26 Å². The Kier molecular flexibility index (Phi) is 6.28. The van der Waals surface area contributed by atoms with Gasteiger partial charge < -0.3 is 19.6 Å². The van der Waals surface area contributed by atoms with Gasteiger partial charge in [-0.2, -0.15) is 5.26 Å². The van der Waals surface area contributed by atoms with Crippen molar-refractivity contribution in [2.75, 3.05) is 31.1 Å². The van der Waals surface area contributed by atoms with Crippen LogP contribution in [0.25, 0.3) is 0 Å². The molecule has 1 aliphatic heterocycles. The first kappa shape index (κ1) is 20.9. The second kappa shape index (κ2) is 8.10. The lowest BCUT2D eigenvalue weighted by Gasteiger charge is -2.42. The molecule has 146 valence electrons. The Morgan fingerprint density at radius 1 is 1.48 bits per heavy atom. The molecular formula is C17H21BrN4O5. The smallest absolute Gasteiger partial charge is 0.410 e. The number of hydrogen-bond donors (Lipinski definition) is 1. The van der Waals surface area contributed by atoms with E-state index in [0.717, 1.165) is 0 Å². The van der Waals surface area contributed by atoms with Gasteiger partial charge in [-0.15, -0.1) is 0 Å².